The number of nitrogens with zero attached hydrogens (tertiary/aromatic N) is 1. The smallest absolute Gasteiger partial charge is 0.170 e. The van der Waals surface area contributed by atoms with Crippen molar-refractivity contribution in [1.82, 2.24) is 0 Å². The summed E-state index contributed by atoms with van der Waals surface area (Å²) in [5.74, 6) is -0.0374. The summed E-state index contributed by atoms with van der Waals surface area (Å²) in [5, 5.41) is 11.9. The normalized spacial score (nSPS) is 11.5. The molecule has 0 atom stereocenters. The first-order valence-corrected chi connectivity index (χ1v) is 7.02. The summed E-state index contributed by atoms with van der Waals surface area (Å²) in [6.45, 7) is 0.172. The van der Waals surface area contributed by atoms with E-state index in [4.69, 9.17) is 27.3 Å². The van der Waals surface area contributed by atoms with Crippen LogP contribution in [0, 0.1) is 5.82 Å². The van der Waals surface area contributed by atoms with E-state index >= 15 is 0 Å². The molecule has 0 heterocycles. The summed E-state index contributed by atoms with van der Waals surface area (Å²) in [7, 11) is 0. The molecular formula is C14H11BrClFN2O2. The molecule has 3 N–H and O–H groups in total. The zero-order valence-electron chi connectivity index (χ0n) is 10.7. The Morgan fingerprint density at radius 3 is 2.71 bits per heavy atom. The van der Waals surface area contributed by atoms with E-state index in [0.717, 1.165) is 0 Å². The van der Waals surface area contributed by atoms with Crippen LogP contribution in [0.25, 0.3) is 0 Å². The van der Waals surface area contributed by atoms with Crippen molar-refractivity contribution in [3.63, 3.8) is 0 Å². The van der Waals surface area contributed by atoms with Gasteiger partial charge < -0.3 is 15.7 Å². The fraction of sp³-hybridized carbons (Fsp3) is 0.0714. The molecule has 2 aromatic carbocycles. The van der Waals surface area contributed by atoms with Crippen LogP contribution in [0.3, 0.4) is 0 Å². The van der Waals surface area contributed by atoms with Gasteiger partial charge in [0, 0.05) is 26.7 Å². The quantitative estimate of drug-likeness (QED) is 0.369. The molecule has 0 aromatic heterocycles. The minimum absolute atomic E-state index is 0.0292. The Labute approximate surface area is 134 Å². The Morgan fingerprint density at radius 2 is 2.10 bits per heavy atom. The molecule has 0 radical (unpaired) electrons. The molecule has 0 aliphatic heterocycles. The maximum Gasteiger partial charge on any atom is 0.170 e. The van der Waals surface area contributed by atoms with Gasteiger partial charge in [-0.2, -0.15) is 0 Å². The lowest BCUT2D eigenvalue weighted by Crippen LogP contribution is -2.13. The van der Waals surface area contributed by atoms with Crippen LogP contribution in [0.1, 0.15) is 11.1 Å². The lowest BCUT2D eigenvalue weighted by atomic mass is 10.1. The molecule has 0 aliphatic carbocycles. The number of benzene rings is 2. The molecule has 0 bridgehead atoms. The summed E-state index contributed by atoms with van der Waals surface area (Å²) in [6.07, 6.45) is 0. The molecule has 2 aromatic rings. The molecule has 0 saturated heterocycles. The van der Waals surface area contributed by atoms with Gasteiger partial charge in [-0.05, 0) is 18.2 Å². The van der Waals surface area contributed by atoms with E-state index in [9.17, 15) is 4.39 Å². The molecular weight excluding hydrogens is 363 g/mol. The molecule has 110 valence electrons. The average Bonchev–Trinajstić information content (AvgIpc) is 2.44. The summed E-state index contributed by atoms with van der Waals surface area (Å²) in [4.78, 5) is 0. The number of halogens is 3. The summed E-state index contributed by atoms with van der Waals surface area (Å²) in [6, 6.07) is 9.19. The van der Waals surface area contributed by atoms with Gasteiger partial charge in [0.15, 0.2) is 5.84 Å². The standard InChI is InChI=1S/C14H11BrClFN2O2/c15-10-4-11(17)6-12(5-10)21-7-9-2-1-8(3-13(9)16)14(18)19-20/h1-6,20H,7H2,(H2,18,19). The Kier molecular flexibility index (Phi) is 5.03. The largest absolute Gasteiger partial charge is 0.489 e. The van der Waals surface area contributed by atoms with Crippen LogP contribution in [0.2, 0.25) is 5.02 Å². The lowest BCUT2D eigenvalue weighted by molar-refractivity contribution is 0.304. The Morgan fingerprint density at radius 1 is 1.33 bits per heavy atom. The van der Waals surface area contributed by atoms with Gasteiger partial charge in [-0.1, -0.05) is 44.8 Å². The van der Waals surface area contributed by atoms with Crippen molar-refractivity contribution in [3.05, 3.63) is 62.8 Å². The molecule has 0 spiro atoms. The molecule has 0 aliphatic rings. The first-order chi connectivity index (χ1) is 9.99. The molecule has 0 saturated carbocycles. The van der Waals surface area contributed by atoms with Gasteiger partial charge >= 0.3 is 0 Å². The maximum absolute atomic E-state index is 13.2. The minimum atomic E-state index is -0.396. The Hall–Kier alpha value is -1.79. The molecule has 21 heavy (non-hydrogen) atoms. The fourth-order valence-electron chi connectivity index (χ4n) is 1.65. The zero-order chi connectivity index (χ0) is 15.4. The van der Waals surface area contributed by atoms with Crippen molar-refractivity contribution in [1.29, 1.82) is 0 Å². The second kappa shape index (κ2) is 6.78. The number of hydrogen-bond donors (Lipinski definition) is 2. The SMILES string of the molecule is N/C(=N/O)c1ccc(COc2cc(F)cc(Br)c2)c(Cl)c1. The summed E-state index contributed by atoms with van der Waals surface area (Å²) < 4.78 is 19.3. The van der Waals surface area contributed by atoms with Gasteiger partial charge in [0.05, 0.1) is 0 Å². The van der Waals surface area contributed by atoms with Crippen LogP contribution in [0.4, 0.5) is 4.39 Å². The topological polar surface area (TPSA) is 67.8 Å². The van der Waals surface area contributed by atoms with Crippen molar-refractivity contribution in [2.45, 2.75) is 6.61 Å². The second-order valence-electron chi connectivity index (χ2n) is 4.19. The number of amidine groups is 1. The highest BCUT2D eigenvalue weighted by Crippen LogP contribution is 2.24. The molecule has 0 unspecified atom stereocenters. The van der Waals surface area contributed by atoms with Crippen LogP contribution in [0.5, 0.6) is 5.75 Å². The van der Waals surface area contributed by atoms with E-state index < -0.39 is 5.82 Å². The highest BCUT2D eigenvalue weighted by Gasteiger charge is 2.07. The van der Waals surface area contributed by atoms with Gasteiger partial charge in [-0.3, -0.25) is 0 Å². The summed E-state index contributed by atoms with van der Waals surface area (Å²) >= 11 is 9.29. The minimum Gasteiger partial charge on any atom is -0.489 e. The number of oxime groups is 1. The molecule has 2 rings (SSSR count). The first-order valence-electron chi connectivity index (χ1n) is 5.85. The highest BCUT2D eigenvalue weighted by molar-refractivity contribution is 9.10. The molecule has 0 fully saturated rings. The monoisotopic (exact) mass is 372 g/mol. The van der Waals surface area contributed by atoms with E-state index in [1.54, 1.807) is 24.3 Å². The Bertz CT molecular complexity index is 674. The number of nitrogens with two attached hydrogens (primary N) is 1. The van der Waals surface area contributed by atoms with Crippen molar-refractivity contribution < 1.29 is 14.3 Å². The third-order valence-corrected chi connectivity index (χ3v) is 3.50. The van der Waals surface area contributed by atoms with Gasteiger partial charge in [0.2, 0.25) is 0 Å². The van der Waals surface area contributed by atoms with Crippen molar-refractivity contribution in [2.24, 2.45) is 10.9 Å². The maximum atomic E-state index is 13.2. The average molecular weight is 374 g/mol. The predicted molar refractivity (Wildman–Crippen MR) is 82.4 cm³/mol. The number of hydrogen-bond acceptors (Lipinski definition) is 3. The molecule has 0 amide bonds. The van der Waals surface area contributed by atoms with Crippen LogP contribution >= 0.6 is 27.5 Å². The van der Waals surface area contributed by atoms with E-state index in [2.05, 4.69) is 21.1 Å². The van der Waals surface area contributed by atoms with Crippen LogP contribution in [-0.4, -0.2) is 11.0 Å². The summed E-state index contributed by atoms with van der Waals surface area (Å²) in [5.41, 5.74) is 6.68. The van der Waals surface area contributed by atoms with Crippen molar-refractivity contribution in [3.8, 4) is 5.75 Å². The lowest BCUT2D eigenvalue weighted by Gasteiger charge is -2.09. The van der Waals surface area contributed by atoms with E-state index in [0.29, 0.717) is 26.4 Å². The van der Waals surface area contributed by atoms with Crippen LogP contribution in [0.15, 0.2) is 46.0 Å². The number of ether oxygens (including phenoxy) is 1. The third-order valence-electron chi connectivity index (χ3n) is 2.69. The Balaban J connectivity index is 2.13. The van der Waals surface area contributed by atoms with E-state index in [1.807, 2.05) is 0 Å². The van der Waals surface area contributed by atoms with Gasteiger partial charge in [0.25, 0.3) is 0 Å². The fourth-order valence-corrected chi connectivity index (χ4v) is 2.33. The van der Waals surface area contributed by atoms with Gasteiger partial charge in [0.1, 0.15) is 18.2 Å². The van der Waals surface area contributed by atoms with Crippen LogP contribution in [-0.2, 0) is 6.61 Å². The van der Waals surface area contributed by atoms with Gasteiger partial charge in [-0.25, -0.2) is 4.39 Å². The first kappa shape index (κ1) is 15.6. The predicted octanol–water partition coefficient (Wildman–Crippen LogP) is 3.92. The highest BCUT2D eigenvalue weighted by atomic mass is 79.9. The third kappa shape index (κ3) is 4.09. The van der Waals surface area contributed by atoms with Gasteiger partial charge in [-0.15, -0.1) is 0 Å². The second-order valence-corrected chi connectivity index (χ2v) is 5.51. The van der Waals surface area contributed by atoms with Crippen molar-refractivity contribution in [2.75, 3.05) is 0 Å². The van der Waals surface area contributed by atoms with E-state index in [-0.39, 0.29) is 12.4 Å². The zero-order valence-corrected chi connectivity index (χ0v) is 13.0. The van der Waals surface area contributed by atoms with Crippen LogP contribution < -0.4 is 10.5 Å². The van der Waals surface area contributed by atoms with Crippen molar-refractivity contribution >= 4 is 33.4 Å². The molecule has 4 nitrogen and oxygen atoms in total. The number of rotatable bonds is 4. The molecule has 7 heteroatoms. The van der Waals surface area contributed by atoms with E-state index in [1.165, 1.54) is 12.1 Å².